The lowest BCUT2D eigenvalue weighted by Gasteiger charge is -2.25. The number of rotatable bonds is 6. The van der Waals surface area contributed by atoms with Crippen LogP contribution in [-0.4, -0.2) is 28.0 Å². The molecular weight excluding hydrogens is 307 g/mol. The van der Waals surface area contributed by atoms with Crippen molar-refractivity contribution in [3.05, 3.63) is 53.3 Å². The SMILES string of the molecule is Cc1cnn(CCNC[C@](C)(O)c2cccc(C(F)(F)F)c2)c1. The molecule has 0 amide bonds. The van der Waals surface area contributed by atoms with Crippen molar-refractivity contribution in [1.29, 1.82) is 0 Å². The Labute approximate surface area is 132 Å². The van der Waals surface area contributed by atoms with Crippen LogP contribution in [0.4, 0.5) is 13.2 Å². The minimum atomic E-state index is -4.42. The minimum absolute atomic E-state index is 0.147. The summed E-state index contributed by atoms with van der Waals surface area (Å²) in [6.07, 6.45) is -0.775. The second-order valence-corrected chi connectivity index (χ2v) is 5.81. The van der Waals surface area contributed by atoms with E-state index < -0.39 is 17.3 Å². The van der Waals surface area contributed by atoms with Gasteiger partial charge in [0, 0.05) is 19.3 Å². The van der Waals surface area contributed by atoms with Crippen molar-refractivity contribution in [2.45, 2.75) is 32.2 Å². The molecule has 126 valence electrons. The van der Waals surface area contributed by atoms with E-state index in [1.807, 2.05) is 13.1 Å². The number of aliphatic hydroxyl groups is 1. The van der Waals surface area contributed by atoms with Crippen molar-refractivity contribution < 1.29 is 18.3 Å². The number of hydrogen-bond acceptors (Lipinski definition) is 3. The van der Waals surface area contributed by atoms with Gasteiger partial charge in [0.15, 0.2) is 0 Å². The van der Waals surface area contributed by atoms with Gasteiger partial charge in [0.05, 0.1) is 23.9 Å². The minimum Gasteiger partial charge on any atom is -0.384 e. The Hall–Kier alpha value is -1.86. The number of alkyl halides is 3. The highest BCUT2D eigenvalue weighted by Crippen LogP contribution is 2.31. The number of aromatic nitrogens is 2. The van der Waals surface area contributed by atoms with E-state index in [1.54, 1.807) is 10.9 Å². The summed E-state index contributed by atoms with van der Waals surface area (Å²) in [6.45, 7) is 4.75. The Morgan fingerprint density at radius 3 is 2.57 bits per heavy atom. The van der Waals surface area contributed by atoms with E-state index in [4.69, 9.17) is 0 Å². The van der Waals surface area contributed by atoms with Crippen molar-refractivity contribution in [2.75, 3.05) is 13.1 Å². The van der Waals surface area contributed by atoms with Crippen molar-refractivity contribution in [3.8, 4) is 0 Å². The number of benzene rings is 1. The van der Waals surface area contributed by atoms with Crippen LogP contribution in [0.2, 0.25) is 0 Å². The van der Waals surface area contributed by atoms with Crippen LogP contribution in [0.15, 0.2) is 36.7 Å². The first-order valence-electron chi connectivity index (χ1n) is 7.28. The van der Waals surface area contributed by atoms with Gasteiger partial charge in [-0.2, -0.15) is 18.3 Å². The summed E-state index contributed by atoms with van der Waals surface area (Å²) in [7, 11) is 0. The van der Waals surface area contributed by atoms with Crippen LogP contribution in [0.25, 0.3) is 0 Å². The van der Waals surface area contributed by atoms with Gasteiger partial charge in [0.2, 0.25) is 0 Å². The molecule has 0 aliphatic rings. The van der Waals surface area contributed by atoms with E-state index in [9.17, 15) is 18.3 Å². The fraction of sp³-hybridized carbons (Fsp3) is 0.438. The molecule has 0 radical (unpaired) electrons. The molecule has 0 saturated carbocycles. The normalized spacial score (nSPS) is 14.7. The summed E-state index contributed by atoms with van der Waals surface area (Å²) in [6, 6.07) is 4.78. The van der Waals surface area contributed by atoms with E-state index in [0.29, 0.717) is 13.1 Å². The number of nitrogens with zero attached hydrogens (tertiary/aromatic N) is 2. The standard InChI is InChI=1S/C16H20F3N3O/c1-12-9-21-22(10-12)7-6-20-11-15(2,23)13-4-3-5-14(8-13)16(17,18)19/h3-5,8-10,20,23H,6-7,11H2,1-2H3/t15-/m0/s1. The average Bonchev–Trinajstić information content (AvgIpc) is 2.88. The lowest BCUT2D eigenvalue weighted by atomic mass is 9.94. The third-order valence-electron chi connectivity index (χ3n) is 3.56. The zero-order valence-electron chi connectivity index (χ0n) is 13.1. The smallest absolute Gasteiger partial charge is 0.384 e. The Morgan fingerprint density at radius 2 is 1.96 bits per heavy atom. The molecule has 0 fully saturated rings. The Bertz CT molecular complexity index is 650. The molecule has 1 heterocycles. The maximum Gasteiger partial charge on any atom is 0.416 e. The zero-order valence-corrected chi connectivity index (χ0v) is 13.1. The van der Waals surface area contributed by atoms with E-state index in [1.165, 1.54) is 19.1 Å². The van der Waals surface area contributed by atoms with Gasteiger partial charge in [-0.3, -0.25) is 4.68 Å². The van der Waals surface area contributed by atoms with Crippen molar-refractivity contribution in [1.82, 2.24) is 15.1 Å². The Kier molecular flexibility index (Phi) is 5.11. The van der Waals surface area contributed by atoms with Crippen LogP contribution in [0.3, 0.4) is 0 Å². The third-order valence-corrected chi connectivity index (χ3v) is 3.56. The van der Waals surface area contributed by atoms with Gasteiger partial charge >= 0.3 is 6.18 Å². The van der Waals surface area contributed by atoms with Gasteiger partial charge in [-0.15, -0.1) is 0 Å². The van der Waals surface area contributed by atoms with E-state index >= 15 is 0 Å². The van der Waals surface area contributed by atoms with Gasteiger partial charge in [0.25, 0.3) is 0 Å². The van der Waals surface area contributed by atoms with E-state index in [-0.39, 0.29) is 12.1 Å². The quantitative estimate of drug-likeness (QED) is 0.802. The predicted octanol–water partition coefficient (Wildman–Crippen LogP) is 2.71. The molecule has 1 aromatic carbocycles. The number of nitrogens with one attached hydrogen (secondary N) is 1. The predicted molar refractivity (Wildman–Crippen MR) is 80.8 cm³/mol. The van der Waals surface area contributed by atoms with E-state index in [2.05, 4.69) is 10.4 Å². The van der Waals surface area contributed by atoms with Crippen molar-refractivity contribution in [3.63, 3.8) is 0 Å². The fourth-order valence-corrected chi connectivity index (χ4v) is 2.25. The van der Waals surface area contributed by atoms with Crippen LogP contribution in [0, 0.1) is 6.92 Å². The lowest BCUT2D eigenvalue weighted by molar-refractivity contribution is -0.137. The highest BCUT2D eigenvalue weighted by molar-refractivity contribution is 5.29. The highest BCUT2D eigenvalue weighted by atomic mass is 19.4. The van der Waals surface area contributed by atoms with Gasteiger partial charge in [-0.1, -0.05) is 12.1 Å². The molecule has 1 atom stereocenters. The molecule has 4 nitrogen and oxygen atoms in total. The van der Waals surface area contributed by atoms with Gasteiger partial charge < -0.3 is 10.4 Å². The molecule has 2 aromatic rings. The van der Waals surface area contributed by atoms with Crippen molar-refractivity contribution >= 4 is 0 Å². The summed E-state index contributed by atoms with van der Waals surface area (Å²) in [5, 5.41) is 17.6. The second-order valence-electron chi connectivity index (χ2n) is 5.81. The van der Waals surface area contributed by atoms with Gasteiger partial charge in [-0.05, 0) is 37.1 Å². The maximum absolute atomic E-state index is 12.7. The summed E-state index contributed by atoms with van der Waals surface area (Å²) in [4.78, 5) is 0. The molecule has 2 N–H and O–H groups in total. The summed E-state index contributed by atoms with van der Waals surface area (Å²) in [5.41, 5.74) is -0.862. The number of halogens is 3. The molecule has 0 saturated heterocycles. The molecule has 1 aromatic heterocycles. The van der Waals surface area contributed by atoms with E-state index in [0.717, 1.165) is 17.7 Å². The average molecular weight is 327 g/mol. The fourth-order valence-electron chi connectivity index (χ4n) is 2.25. The third kappa shape index (κ3) is 4.80. The van der Waals surface area contributed by atoms with Crippen LogP contribution in [-0.2, 0) is 18.3 Å². The number of aryl methyl sites for hydroxylation is 1. The lowest BCUT2D eigenvalue weighted by Crippen LogP contribution is -2.37. The Balaban J connectivity index is 1.93. The van der Waals surface area contributed by atoms with Gasteiger partial charge in [0.1, 0.15) is 0 Å². The molecule has 0 aliphatic heterocycles. The maximum atomic E-state index is 12.7. The molecule has 23 heavy (non-hydrogen) atoms. The molecule has 0 unspecified atom stereocenters. The molecule has 0 aliphatic carbocycles. The molecule has 0 bridgehead atoms. The molecule has 7 heteroatoms. The first-order valence-corrected chi connectivity index (χ1v) is 7.28. The van der Waals surface area contributed by atoms with Crippen LogP contribution in [0.5, 0.6) is 0 Å². The second kappa shape index (κ2) is 6.72. The number of hydrogen-bond donors (Lipinski definition) is 2. The van der Waals surface area contributed by atoms with Crippen LogP contribution in [0.1, 0.15) is 23.6 Å². The first-order chi connectivity index (χ1) is 10.7. The highest BCUT2D eigenvalue weighted by Gasteiger charge is 2.32. The molecular formula is C16H20F3N3O. The van der Waals surface area contributed by atoms with Crippen LogP contribution >= 0.6 is 0 Å². The summed E-state index contributed by atoms with van der Waals surface area (Å²) < 4.78 is 40.0. The summed E-state index contributed by atoms with van der Waals surface area (Å²) in [5.74, 6) is 0. The first kappa shape index (κ1) is 17.5. The Morgan fingerprint density at radius 1 is 1.26 bits per heavy atom. The summed E-state index contributed by atoms with van der Waals surface area (Å²) >= 11 is 0. The topological polar surface area (TPSA) is 50.1 Å². The zero-order chi connectivity index (χ0) is 17.1. The monoisotopic (exact) mass is 327 g/mol. The molecule has 0 spiro atoms. The largest absolute Gasteiger partial charge is 0.416 e. The van der Waals surface area contributed by atoms with Crippen molar-refractivity contribution in [2.24, 2.45) is 0 Å². The van der Waals surface area contributed by atoms with Crippen LogP contribution < -0.4 is 5.32 Å². The van der Waals surface area contributed by atoms with Gasteiger partial charge in [-0.25, -0.2) is 0 Å². The molecule has 2 rings (SSSR count).